The van der Waals surface area contributed by atoms with Gasteiger partial charge < -0.3 is 15.4 Å². The number of carbonyl (C=O) groups excluding carboxylic acids is 2. The largest absolute Gasteiger partial charge is 0.466 e. The molecule has 1 aromatic carbocycles. The molecule has 1 aliphatic rings. The fourth-order valence-corrected chi connectivity index (χ4v) is 2.39. The molecule has 0 atom stereocenters. The van der Waals surface area contributed by atoms with Gasteiger partial charge in [0.15, 0.2) is 0 Å². The van der Waals surface area contributed by atoms with E-state index >= 15 is 0 Å². The quantitative estimate of drug-likeness (QED) is 0.593. The Bertz CT molecular complexity index is 700. The molecule has 0 aliphatic heterocycles. The Kier molecular flexibility index (Phi) is 5.59. The zero-order valence-electron chi connectivity index (χ0n) is 13.9. The molecule has 0 saturated heterocycles. The molecule has 0 heterocycles. The van der Waals surface area contributed by atoms with Crippen LogP contribution in [0.5, 0.6) is 0 Å². The first-order chi connectivity index (χ1) is 11.5. The summed E-state index contributed by atoms with van der Waals surface area (Å²) in [7, 11) is 1.32. The number of hydrogen-bond donors (Lipinski definition) is 2. The molecule has 2 rings (SSSR count). The molecule has 1 aliphatic carbocycles. The van der Waals surface area contributed by atoms with E-state index in [1.165, 1.54) is 20.1 Å². The monoisotopic (exact) mass is 327 g/mol. The highest BCUT2D eigenvalue weighted by atomic mass is 16.5. The van der Waals surface area contributed by atoms with Crippen molar-refractivity contribution in [3.8, 4) is 6.07 Å². The normalized spacial score (nSPS) is 14.7. The van der Waals surface area contributed by atoms with Crippen LogP contribution in [0.2, 0.25) is 0 Å². The van der Waals surface area contributed by atoms with Crippen LogP contribution in [-0.4, -0.2) is 25.5 Å². The molecule has 0 bridgehead atoms. The molecule has 1 saturated carbocycles. The summed E-state index contributed by atoms with van der Waals surface area (Å²) in [4.78, 5) is 22.6. The lowest BCUT2D eigenvalue weighted by Crippen LogP contribution is -2.17. The van der Waals surface area contributed by atoms with Gasteiger partial charge >= 0.3 is 5.97 Å². The van der Waals surface area contributed by atoms with Gasteiger partial charge in [-0.3, -0.25) is 4.79 Å². The van der Waals surface area contributed by atoms with Crippen molar-refractivity contribution in [2.45, 2.75) is 26.2 Å². The Balaban J connectivity index is 2.17. The summed E-state index contributed by atoms with van der Waals surface area (Å²) in [5, 5.41) is 15.0. The number of amides is 1. The van der Waals surface area contributed by atoms with Crippen molar-refractivity contribution in [2.75, 3.05) is 24.3 Å². The SMILES string of the molecule is COC(=O)/C=C/c1ccc(NC(C)=O)c(NCC2(CC#N)CC2)c1. The molecule has 1 aromatic rings. The topological polar surface area (TPSA) is 91.2 Å². The molecule has 1 amide bonds. The Morgan fingerprint density at radius 2 is 2.12 bits per heavy atom. The highest BCUT2D eigenvalue weighted by Gasteiger charge is 2.42. The summed E-state index contributed by atoms with van der Waals surface area (Å²) in [6.45, 7) is 2.13. The second-order valence-electron chi connectivity index (χ2n) is 6.03. The number of anilines is 2. The molecule has 0 spiro atoms. The van der Waals surface area contributed by atoms with E-state index < -0.39 is 5.97 Å². The molecule has 1 fully saturated rings. The third-order valence-corrected chi connectivity index (χ3v) is 4.03. The van der Waals surface area contributed by atoms with E-state index in [-0.39, 0.29) is 11.3 Å². The van der Waals surface area contributed by atoms with Crippen molar-refractivity contribution in [1.29, 1.82) is 5.26 Å². The van der Waals surface area contributed by atoms with Gasteiger partial charge in [-0.05, 0) is 36.6 Å². The minimum absolute atomic E-state index is 0.0418. The van der Waals surface area contributed by atoms with E-state index in [9.17, 15) is 9.59 Å². The van der Waals surface area contributed by atoms with Gasteiger partial charge in [0.1, 0.15) is 0 Å². The summed E-state index contributed by atoms with van der Waals surface area (Å²) in [5.74, 6) is -0.588. The minimum Gasteiger partial charge on any atom is -0.466 e. The van der Waals surface area contributed by atoms with Crippen molar-refractivity contribution < 1.29 is 14.3 Å². The fraction of sp³-hybridized carbons (Fsp3) is 0.389. The average Bonchev–Trinajstić information content (AvgIpc) is 3.32. The zero-order valence-corrected chi connectivity index (χ0v) is 13.9. The molecule has 6 nitrogen and oxygen atoms in total. The summed E-state index contributed by atoms with van der Waals surface area (Å²) < 4.78 is 4.58. The van der Waals surface area contributed by atoms with Gasteiger partial charge in [0.2, 0.25) is 5.91 Å². The van der Waals surface area contributed by atoms with Gasteiger partial charge in [-0.15, -0.1) is 0 Å². The molecule has 0 radical (unpaired) electrons. The van der Waals surface area contributed by atoms with Crippen LogP contribution in [0.1, 0.15) is 31.7 Å². The molecule has 0 aromatic heterocycles. The predicted octanol–water partition coefficient (Wildman–Crippen LogP) is 2.94. The first kappa shape index (κ1) is 17.5. The van der Waals surface area contributed by atoms with Gasteiger partial charge in [0, 0.05) is 31.4 Å². The van der Waals surface area contributed by atoms with Gasteiger partial charge in [0.05, 0.1) is 24.6 Å². The number of carbonyl (C=O) groups is 2. The van der Waals surface area contributed by atoms with Crippen LogP contribution < -0.4 is 10.6 Å². The first-order valence-electron chi connectivity index (χ1n) is 7.76. The number of ether oxygens (including phenoxy) is 1. The molecule has 0 unspecified atom stereocenters. The first-order valence-corrected chi connectivity index (χ1v) is 7.76. The predicted molar refractivity (Wildman–Crippen MR) is 92.2 cm³/mol. The number of esters is 1. The third kappa shape index (κ3) is 4.85. The van der Waals surface area contributed by atoms with E-state index in [1.807, 2.05) is 6.07 Å². The van der Waals surface area contributed by atoms with Gasteiger partial charge in [0.25, 0.3) is 0 Å². The fourth-order valence-electron chi connectivity index (χ4n) is 2.39. The molecule has 24 heavy (non-hydrogen) atoms. The second kappa shape index (κ2) is 7.64. The Labute approximate surface area is 141 Å². The lowest BCUT2D eigenvalue weighted by atomic mass is 10.0. The molecular formula is C18H21N3O3. The van der Waals surface area contributed by atoms with Crippen LogP contribution in [0.15, 0.2) is 24.3 Å². The Morgan fingerprint density at radius 1 is 1.38 bits per heavy atom. The lowest BCUT2D eigenvalue weighted by molar-refractivity contribution is -0.134. The number of rotatable bonds is 7. The number of nitrogens with zero attached hydrogens (tertiary/aromatic N) is 1. The van der Waals surface area contributed by atoms with Gasteiger partial charge in [-0.1, -0.05) is 6.07 Å². The van der Waals surface area contributed by atoms with E-state index in [2.05, 4.69) is 21.4 Å². The van der Waals surface area contributed by atoms with Crippen molar-refractivity contribution in [2.24, 2.45) is 5.41 Å². The summed E-state index contributed by atoms with van der Waals surface area (Å²) in [6.07, 6.45) is 5.58. The van der Waals surface area contributed by atoms with Crippen molar-refractivity contribution in [3.63, 3.8) is 0 Å². The number of nitriles is 1. The minimum atomic E-state index is -0.429. The lowest BCUT2D eigenvalue weighted by Gasteiger charge is -2.17. The molecule has 2 N–H and O–H groups in total. The van der Waals surface area contributed by atoms with Crippen molar-refractivity contribution >= 4 is 29.3 Å². The van der Waals surface area contributed by atoms with Crippen LogP contribution in [0.25, 0.3) is 6.08 Å². The molecular weight excluding hydrogens is 306 g/mol. The number of nitrogens with one attached hydrogen (secondary N) is 2. The maximum Gasteiger partial charge on any atom is 0.330 e. The van der Waals surface area contributed by atoms with Crippen LogP contribution in [-0.2, 0) is 14.3 Å². The van der Waals surface area contributed by atoms with Gasteiger partial charge in [-0.2, -0.15) is 5.26 Å². The standard InChI is InChI=1S/C18H21N3O3/c1-13(22)21-15-5-3-14(4-6-17(23)24-2)11-16(15)20-12-18(7-8-18)9-10-19/h3-6,11,20H,7-9,12H2,1-2H3,(H,21,22)/b6-4+. The maximum absolute atomic E-state index is 11.4. The molecule has 126 valence electrons. The number of methoxy groups -OCH3 is 1. The van der Waals surface area contributed by atoms with E-state index in [0.717, 1.165) is 24.1 Å². The third-order valence-electron chi connectivity index (χ3n) is 4.03. The summed E-state index contributed by atoms with van der Waals surface area (Å²) in [6, 6.07) is 7.67. The van der Waals surface area contributed by atoms with Crippen molar-refractivity contribution in [1.82, 2.24) is 0 Å². The van der Waals surface area contributed by atoms with E-state index in [0.29, 0.717) is 18.7 Å². The van der Waals surface area contributed by atoms with Crippen molar-refractivity contribution in [3.05, 3.63) is 29.8 Å². The van der Waals surface area contributed by atoms with Crippen LogP contribution in [0, 0.1) is 16.7 Å². The summed E-state index contributed by atoms with van der Waals surface area (Å²) in [5.41, 5.74) is 2.29. The second-order valence-corrected chi connectivity index (χ2v) is 6.03. The molecule has 6 heteroatoms. The van der Waals surface area contributed by atoms with E-state index in [4.69, 9.17) is 5.26 Å². The van der Waals surface area contributed by atoms with E-state index in [1.54, 1.807) is 18.2 Å². The van der Waals surface area contributed by atoms with Crippen LogP contribution in [0.4, 0.5) is 11.4 Å². The number of hydrogen-bond acceptors (Lipinski definition) is 5. The highest BCUT2D eigenvalue weighted by Crippen LogP contribution is 2.48. The Hall–Kier alpha value is -2.81. The maximum atomic E-state index is 11.4. The number of benzene rings is 1. The Morgan fingerprint density at radius 3 is 2.71 bits per heavy atom. The summed E-state index contributed by atoms with van der Waals surface area (Å²) >= 11 is 0. The van der Waals surface area contributed by atoms with Crippen LogP contribution >= 0.6 is 0 Å². The zero-order chi connectivity index (χ0) is 17.6. The van der Waals surface area contributed by atoms with Crippen LogP contribution in [0.3, 0.4) is 0 Å². The van der Waals surface area contributed by atoms with Gasteiger partial charge in [-0.25, -0.2) is 4.79 Å². The smallest absolute Gasteiger partial charge is 0.330 e. The highest BCUT2D eigenvalue weighted by molar-refractivity contribution is 5.93. The average molecular weight is 327 g/mol.